The van der Waals surface area contributed by atoms with Crippen LogP contribution in [0.4, 0.5) is 0 Å². The molecule has 1 aliphatic carbocycles. The molecule has 270 valence electrons. The van der Waals surface area contributed by atoms with Crippen LogP contribution in [0.5, 0.6) is 0 Å². The average molecular weight is 714 g/mol. The molecule has 4 aliphatic rings. The van der Waals surface area contributed by atoms with Gasteiger partial charge in [0, 0.05) is 68.2 Å². The van der Waals surface area contributed by atoms with E-state index < -0.39 is 12.1 Å². The standard InChI is InChI=1S/C37H55N5O5S2/c1-22(2)15-28(19-34-38-11-14-48-34)39-35(45)29-21-49-36(40-29)33(47-24(5)43)20-30(23(3)4)41(6)37(46)27(16-25-7-8-25)18-32(44)31-17-26-9-12-42(31)13-10-26/h11,14,21-23,25-28,30-31,33H,7-10,12-13,15-20H2,1-6H3,(H,39,45)/t27-,28-,30-,31-,33-/m1/s1. The number of aromatic nitrogens is 2. The third-order valence-corrected chi connectivity index (χ3v) is 12.3. The van der Waals surface area contributed by atoms with Gasteiger partial charge in [0.25, 0.3) is 5.91 Å². The van der Waals surface area contributed by atoms with Crippen LogP contribution < -0.4 is 5.32 Å². The zero-order valence-corrected chi connectivity index (χ0v) is 31.7. The molecular formula is C37H55N5O5S2. The molecule has 6 rings (SSSR count). The number of fused-ring (bicyclic) bond motifs is 3. The topological polar surface area (TPSA) is 122 Å². The van der Waals surface area contributed by atoms with Crippen molar-refractivity contribution in [2.75, 3.05) is 20.1 Å². The summed E-state index contributed by atoms with van der Waals surface area (Å²) >= 11 is 2.86. The van der Waals surface area contributed by atoms with Crippen molar-refractivity contribution in [1.82, 2.24) is 25.1 Å². The van der Waals surface area contributed by atoms with Gasteiger partial charge in [-0.2, -0.15) is 0 Å². The molecule has 4 fully saturated rings. The molecule has 2 bridgehead atoms. The van der Waals surface area contributed by atoms with E-state index >= 15 is 0 Å². The summed E-state index contributed by atoms with van der Waals surface area (Å²) < 4.78 is 5.82. The summed E-state index contributed by atoms with van der Waals surface area (Å²) in [6.07, 6.45) is 9.40. The van der Waals surface area contributed by atoms with Crippen molar-refractivity contribution in [3.05, 3.63) is 32.7 Å². The van der Waals surface area contributed by atoms with Crippen molar-refractivity contribution in [1.29, 1.82) is 0 Å². The molecule has 2 amide bonds. The minimum Gasteiger partial charge on any atom is -0.455 e. The Kier molecular flexibility index (Phi) is 13.0. The quantitative estimate of drug-likeness (QED) is 0.178. The van der Waals surface area contributed by atoms with Crippen LogP contribution in [0.3, 0.4) is 0 Å². The number of ether oxygens (including phenoxy) is 1. The predicted octanol–water partition coefficient (Wildman–Crippen LogP) is 6.32. The lowest BCUT2D eigenvalue weighted by molar-refractivity contribution is -0.149. The number of piperidine rings is 3. The molecule has 49 heavy (non-hydrogen) atoms. The van der Waals surface area contributed by atoms with Gasteiger partial charge in [-0.3, -0.25) is 24.1 Å². The summed E-state index contributed by atoms with van der Waals surface area (Å²) in [6, 6.07) is -0.400. The van der Waals surface area contributed by atoms with E-state index in [-0.39, 0.29) is 59.7 Å². The highest BCUT2D eigenvalue weighted by molar-refractivity contribution is 7.10. The summed E-state index contributed by atoms with van der Waals surface area (Å²) in [7, 11) is 1.83. The lowest BCUT2D eigenvalue weighted by Gasteiger charge is -2.45. The van der Waals surface area contributed by atoms with Crippen LogP contribution in [0.25, 0.3) is 0 Å². The van der Waals surface area contributed by atoms with Crippen molar-refractivity contribution in [2.45, 2.75) is 123 Å². The van der Waals surface area contributed by atoms with Crippen LogP contribution in [0, 0.1) is 29.6 Å². The van der Waals surface area contributed by atoms with E-state index in [2.05, 4.69) is 47.9 Å². The van der Waals surface area contributed by atoms with Crippen molar-refractivity contribution in [3.63, 3.8) is 0 Å². The number of carbonyl (C=O) groups is 4. The third kappa shape index (κ3) is 10.4. The number of nitrogens with one attached hydrogen (secondary N) is 1. The van der Waals surface area contributed by atoms with Crippen LogP contribution >= 0.6 is 22.7 Å². The van der Waals surface area contributed by atoms with Crippen molar-refractivity contribution < 1.29 is 23.9 Å². The summed E-state index contributed by atoms with van der Waals surface area (Å²) in [6.45, 7) is 11.7. The molecule has 2 aromatic rings. The number of hydrogen-bond donors (Lipinski definition) is 1. The monoisotopic (exact) mass is 713 g/mol. The Bertz CT molecular complexity index is 1420. The number of hydrogen-bond acceptors (Lipinski definition) is 10. The smallest absolute Gasteiger partial charge is 0.303 e. The van der Waals surface area contributed by atoms with Gasteiger partial charge >= 0.3 is 5.97 Å². The molecule has 10 nitrogen and oxygen atoms in total. The van der Waals surface area contributed by atoms with E-state index in [1.807, 2.05) is 12.4 Å². The van der Waals surface area contributed by atoms with E-state index in [0.29, 0.717) is 35.6 Å². The Morgan fingerprint density at radius 3 is 2.37 bits per heavy atom. The van der Waals surface area contributed by atoms with Gasteiger partial charge in [-0.25, -0.2) is 9.97 Å². The van der Waals surface area contributed by atoms with Gasteiger partial charge in [-0.05, 0) is 68.9 Å². The zero-order valence-electron chi connectivity index (χ0n) is 30.1. The zero-order chi connectivity index (χ0) is 35.2. The number of nitrogens with zero attached hydrogens (tertiary/aromatic N) is 4. The number of Topliss-reactive ketones (excluding diaryl/α,β-unsaturated/α-hetero) is 1. The Morgan fingerprint density at radius 2 is 1.80 bits per heavy atom. The number of carbonyl (C=O) groups excluding carboxylic acids is 4. The van der Waals surface area contributed by atoms with E-state index in [9.17, 15) is 19.2 Å². The molecule has 2 aromatic heterocycles. The minimum atomic E-state index is -0.720. The first-order chi connectivity index (χ1) is 23.4. The molecule has 12 heteroatoms. The molecule has 0 radical (unpaired) electrons. The molecular weight excluding hydrogens is 659 g/mol. The van der Waals surface area contributed by atoms with Crippen molar-refractivity contribution in [3.8, 4) is 0 Å². The minimum absolute atomic E-state index is 0.00729. The van der Waals surface area contributed by atoms with E-state index in [1.54, 1.807) is 27.8 Å². The number of amides is 2. The van der Waals surface area contributed by atoms with Gasteiger partial charge in [-0.1, -0.05) is 40.5 Å². The highest BCUT2D eigenvalue weighted by Crippen LogP contribution is 2.39. The first kappa shape index (κ1) is 37.6. The fraction of sp³-hybridized carbons (Fsp3) is 0.730. The van der Waals surface area contributed by atoms with Gasteiger partial charge in [-0.15, -0.1) is 22.7 Å². The van der Waals surface area contributed by atoms with E-state index in [4.69, 9.17) is 4.74 Å². The summed E-state index contributed by atoms with van der Waals surface area (Å²) in [4.78, 5) is 66.8. The molecule has 1 saturated carbocycles. The summed E-state index contributed by atoms with van der Waals surface area (Å²) in [5.41, 5.74) is 0.283. The van der Waals surface area contributed by atoms with Gasteiger partial charge < -0.3 is 15.0 Å². The fourth-order valence-corrected chi connectivity index (χ4v) is 9.32. The number of rotatable bonds is 18. The first-order valence-electron chi connectivity index (χ1n) is 18.2. The molecule has 0 aromatic carbocycles. The normalized spacial score (nSPS) is 22.8. The fourth-order valence-electron chi connectivity index (χ4n) is 7.78. The second kappa shape index (κ2) is 17.0. The Labute approximate surface area is 299 Å². The number of esters is 1. The molecule has 0 spiro atoms. The van der Waals surface area contributed by atoms with Crippen LogP contribution in [-0.4, -0.2) is 81.6 Å². The SMILES string of the molecule is CC(=O)O[C@H](C[C@H](C(C)C)N(C)C(=O)[C@@H](CC(=O)[C@H]1CC2CCN1CC2)CC1CC1)c1nc(C(=O)N[C@@H](Cc2nccs2)CC(C)C)cs1. The lowest BCUT2D eigenvalue weighted by atomic mass is 9.79. The lowest BCUT2D eigenvalue weighted by Crippen LogP contribution is -2.53. The van der Waals surface area contributed by atoms with E-state index in [0.717, 1.165) is 50.2 Å². The summed E-state index contributed by atoms with van der Waals surface area (Å²) in [5, 5.41) is 8.30. The maximum absolute atomic E-state index is 14.2. The highest BCUT2D eigenvalue weighted by Gasteiger charge is 2.41. The van der Waals surface area contributed by atoms with Gasteiger partial charge in [0.05, 0.1) is 11.0 Å². The van der Waals surface area contributed by atoms with Crippen LogP contribution in [0.15, 0.2) is 17.0 Å². The van der Waals surface area contributed by atoms with E-state index in [1.165, 1.54) is 31.1 Å². The number of thiazole rings is 2. The molecule has 0 unspecified atom stereocenters. The van der Waals surface area contributed by atoms with Gasteiger partial charge in [0.15, 0.2) is 11.9 Å². The van der Waals surface area contributed by atoms with Gasteiger partial charge in [0.1, 0.15) is 10.7 Å². The Hall–Kier alpha value is -2.70. The van der Waals surface area contributed by atoms with Crippen molar-refractivity contribution >= 4 is 46.2 Å². The number of ketones is 1. The Balaban J connectivity index is 1.27. The summed E-state index contributed by atoms with van der Waals surface area (Å²) in [5.74, 6) is 0.717. The largest absolute Gasteiger partial charge is 0.455 e. The predicted molar refractivity (Wildman–Crippen MR) is 192 cm³/mol. The second-order valence-corrected chi connectivity index (χ2v) is 17.2. The first-order valence-corrected chi connectivity index (χ1v) is 20.0. The third-order valence-electron chi connectivity index (χ3n) is 10.5. The second-order valence-electron chi connectivity index (χ2n) is 15.4. The van der Waals surface area contributed by atoms with Crippen LogP contribution in [0.2, 0.25) is 0 Å². The van der Waals surface area contributed by atoms with Gasteiger partial charge in [0.2, 0.25) is 5.91 Å². The molecule has 3 saturated heterocycles. The molecule has 3 aliphatic heterocycles. The highest BCUT2D eigenvalue weighted by atomic mass is 32.1. The van der Waals surface area contributed by atoms with Crippen LogP contribution in [0.1, 0.15) is 119 Å². The van der Waals surface area contributed by atoms with Crippen molar-refractivity contribution in [2.24, 2.45) is 29.6 Å². The molecule has 5 heterocycles. The Morgan fingerprint density at radius 1 is 1.06 bits per heavy atom. The van der Waals surface area contributed by atoms with Crippen LogP contribution in [-0.2, 0) is 25.5 Å². The average Bonchev–Trinajstić information content (AvgIpc) is 3.48. The molecule has 1 N–H and O–H groups in total. The maximum Gasteiger partial charge on any atom is 0.303 e. The molecule has 5 atom stereocenters. The maximum atomic E-state index is 14.2.